The first-order valence-electron chi connectivity index (χ1n) is 8.12. The number of hydrogen-bond acceptors (Lipinski definition) is 2. The normalized spacial score (nSPS) is 11.2. The molecule has 0 fully saturated rings. The summed E-state index contributed by atoms with van der Waals surface area (Å²) in [6, 6.07) is 17.7. The van der Waals surface area contributed by atoms with E-state index in [0.717, 1.165) is 22.2 Å². The van der Waals surface area contributed by atoms with Crippen LogP contribution in [0.1, 0.15) is 41.4 Å². The molecule has 0 bridgehead atoms. The molecule has 4 heteroatoms. The van der Waals surface area contributed by atoms with E-state index in [0.29, 0.717) is 12.1 Å². The van der Waals surface area contributed by atoms with Gasteiger partial charge in [-0.3, -0.25) is 9.63 Å². The second kappa shape index (κ2) is 6.89. The summed E-state index contributed by atoms with van der Waals surface area (Å²) in [6.45, 7) is 4.57. The first-order valence-corrected chi connectivity index (χ1v) is 8.12. The molecule has 0 saturated heterocycles. The van der Waals surface area contributed by atoms with Gasteiger partial charge in [-0.1, -0.05) is 62.4 Å². The predicted molar refractivity (Wildman–Crippen MR) is 95.7 cm³/mol. The zero-order valence-corrected chi connectivity index (χ0v) is 14.2. The summed E-state index contributed by atoms with van der Waals surface area (Å²) >= 11 is 0. The van der Waals surface area contributed by atoms with Gasteiger partial charge in [-0.15, -0.1) is 0 Å². The highest BCUT2D eigenvalue weighted by Gasteiger charge is 2.25. The van der Waals surface area contributed by atoms with Crippen molar-refractivity contribution in [1.29, 1.82) is 0 Å². The van der Waals surface area contributed by atoms with Gasteiger partial charge in [0.2, 0.25) is 0 Å². The van der Waals surface area contributed by atoms with E-state index in [1.807, 2.05) is 54.6 Å². The number of nitrogens with zero attached hydrogens (tertiary/aromatic N) is 1. The van der Waals surface area contributed by atoms with Gasteiger partial charge in [0.15, 0.2) is 0 Å². The molecule has 0 aliphatic carbocycles. The smallest absolute Gasteiger partial charge is 0.280 e. The number of fused-ring (bicyclic) bond motifs is 1. The molecule has 24 heavy (non-hydrogen) atoms. The minimum Gasteiger partial charge on any atom is -0.357 e. The maximum Gasteiger partial charge on any atom is 0.280 e. The number of hydrogen-bond donors (Lipinski definition) is 1. The Balaban J connectivity index is 2.01. The number of benzene rings is 2. The molecule has 0 saturated carbocycles. The molecular weight excluding hydrogens is 300 g/mol. The van der Waals surface area contributed by atoms with E-state index in [4.69, 9.17) is 4.84 Å². The summed E-state index contributed by atoms with van der Waals surface area (Å²) in [6.07, 6.45) is 0. The first kappa shape index (κ1) is 16.3. The number of rotatable bonds is 5. The Morgan fingerprint density at radius 1 is 1.08 bits per heavy atom. The third kappa shape index (κ3) is 3.05. The highest BCUT2D eigenvalue weighted by Crippen LogP contribution is 2.29. The number of aromatic nitrogens is 1. The van der Waals surface area contributed by atoms with Crippen molar-refractivity contribution in [2.45, 2.75) is 26.3 Å². The average Bonchev–Trinajstić information content (AvgIpc) is 3.00. The molecule has 1 N–H and O–H groups in total. The molecule has 0 aliphatic heterocycles. The maximum absolute atomic E-state index is 13.2. The lowest BCUT2D eigenvalue weighted by Gasteiger charge is -2.21. The van der Waals surface area contributed by atoms with Gasteiger partial charge in [0.05, 0.1) is 19.2 Å². The van der Waals surface area contributed by atoms with Crippen molar-refractivity contribution in [1.82, 2.24) is 10.0 Å². The SMILES string of the molecule is CON(Cc1ccccc1)C(=O)c1c(C(C)C)[nH]c2ccccc12. The molecule has 124 valence electrons. The number of aromatic amines is 1. The Morgan fingerprint density at radius 3 is 2.42 bits per heavy atom. The third-order valence-electron chi connectivity index (χ3n) is 4.14. The molecule has 0 aliphatic rings. The van der Waals surface area contributed by atoms with Crippen LogP contribution >= 0.6 is 0 Å². The second-order valence-corrected chi connectivity index (χ2v) is 6.12. The second-order valence-electron chi connectivity index (χ2n) is 6.12. The standard InChI is InChI=1S/C20H22N2O2/c1-14(2)19-18(16-11-7-8-12-17(16)21-19)20(23)22(24-3)13-15-9-5-4-6-10-15/h4-12,14,21H,13H2,1-3H3. The van der Waals surface area contributed by atoms with Crippen molar-refractivity contribution in [2.24, 2.45) is 0 Å². The number of para-hydroxylation sites is 1. The molecule has 3 rings (SSSR count). The Bertz CT molecular complexity index is 837. The van der Waals surface area contributed by atoms with Crippen LogP contribution in [0, 0.1) is 0 Å². The molecule has 0 unspecified atom stereocenters. The molecule has 3 aromatic rings. The van der Waals surface area contributed by atoms with Crippen LogP contribution in [0.4, 0.5) is 0 Å². The van der Waals surface area contributed by atoms with Gasteiger partial charge >= 0.3 is 0 Å². The van der Waals surface area contributed by atoms with Crippen LogP contribution < -0.4 is 0 Å². The summed E-state index contributed by atoms with van der Waals surface area (Å²) in [5.74, 6) is 0.0919. The van der Waals surface area contributed by atoms with Gasteiger partial charge < -0.3 is 4.98 Å². The Kier molecular flexibility index (Phi) is 4.67. The molecule has 0 spiro atoms. The van der Waals surface area contributed by atoms with Gasteiger partial charge in [-0.2, -0.15) is 0 Å². The fourth-order valence-corrected chi connectivity index (χ4v) is 2.92. The first-order chi connectivity index (χ1) is 11.6. The Hall–Kier alpha value is -2.59. The fraction of sp³-hybridized carbons (Fsp3) is 0.250. The van der Waals surface area contributed by atoms with E-state index in [1.54, 1.807) is 0 Å². The number of amides is 1. The van der Waals surface area contributed by atoms with Crippen molar-refractivity contribution < 1.29 is 9.63 Å². The molecule has 4 nitrogen and oxygen atoms in total. The summed E-state index contributed by atoms with van der Waals surface area (Å²) < 4.78 is 0. The lowest BCUT2D eigenvalue weighted by molar-refractivity contribution is -0.102. The quantitative estimate of drug-likeness (QED) is 0.703. The van der Waals surface area contributed by atoms with E-state index in [9.17, 15) is 4.79 Å². The Labute approximate surface area is 142 Å². The number of H-pyrrole nitrogens is 1. The van der Waals surface area contributed by atoms with Crippen LogP contribution in [0.5, 0.6) is 0 Å². The fourth-order valence-electron chi connectivity index (χ4n) is 2.92. The van der Waals surface area contributed by atoms with Gasteiger partial charge in [0.1, 0.15) is 0 Å². The van der Waals surface area contributed by atoms with Crippen LogP contribution in [-0.4, -0.2) is 23.1 Å². The van der Waals surface area contributed by atoms with E-state index in [2.05, 4.69) is 18.8 Å². The van der Waals surface area contributed by atoms with E-state index in [-0.39, 0.29) is 11.8 Å². The largest absolute Gasteiger partial charge is 0.357 e. The highest BCUT2D eigenvalue weighted by molar-refractivity contribution is 6.08. The van der Waals surface area contributed by atoms with E-state index < -0.39 is 0 Å². The van der Waals surface area contributed by atoms with Gasteiger partial charge in [-0.05, 0) is 17.5 Å². The zero-order valence-electron chi connectivity index (χ0n) is 14.2. The number of carbonyl (C=O) groups excluding carboxylic acids is 1. The number of hydroxylamine groups is 2. The lowest BCUT2D eigenvalue weighted by Crippen LogP contribution is -2.30. The van der Waals surface area contributed by atoms with Crippen molar-refractivity contribution in [3.05, 3.63) is 71.4 Å². The topological polar surface area (TPSA) is 45.3 Å². The van der Waals surface area contributed by atoms with Gasteiger partial charge in [0, 0.05) is 16.6 Å². The Morgan fingerprint density at radius 2 is 1.75 bits per heavy atom. The molecule has 1 amide bonds. The van der Waals surface area contributed by atoms with Gasteiger partial charge in [-0.25, -0.2) is 5.06 Å². The lowest BCUT2D eigenvalue weighted by atomic mass is 10.0. The highest BCUT2D eigenvalue weighted by atomic mass is 16.7. The van der Waals surface area contributed by atoms with Crippen LogP contribution in [0.3, 0.4) is 0 Å². The maximum atomic E-state index is 13.2. The number of carbonyl (C=O) groups is 1. The summed E-state index contributed by atoms with van der Waals surface area (Å²) in [4.78, 5) is 21.9. The predicted octanol–water partition coefficient (Wildman–Crippen LogP) is 4.50. The molecule has 1 aromatic heterocycles. The van der Waals surface area contributed by atoms with Crippen LogP contribution in [0.25, 0.3) is 10.9 Å². The molecule has 2 aromatic carbocycles. The summed E-state index contributed by atoms with van der Waals surface area (Å²) in [5.41, 5.74) is 3.63. The molecule has 1 heterocycles. The van der Waals surface area contributed by atoms with Gasteiger partial charge in [0.25, 0.3) is 5.91 Å². The zero-order chi connectivity index (χ0) is 17.1. The van der Waals surface area contributed by atoms with Crippen molar-refractivity contribution in [3.8, 4) is 0 Å². The molecule has 0 atom stereocenters. The van der Waals surface area contributed by atoms with Crippen molar-refractivity contribution >= 4 is 16.8 Å². The summed E-state index contributed by atoms with van der Waals surface area (Å²) in [5, 5.41) is 2.35. The monoisotopic (exact) mass is 322 g/mol. The summed E-state index contributed by atoms with van der Waals surface area (Å²) in [7, 11) is 1.53. The third-order valence-corrected chi connectivity index (χ3v) is 4.14. The van der Waals surface area contributed by atoms with Crippen molar-refractivity contribution in [2.75, 3.05) is 7.11 Å². The average molecular weight is 322 g/mol. The minimum atomic E-state index is -0.123. The molecule has 0 radical (unpaired) electrons. The van der Waals surface area contributed by atoms with Crippen molar-refractivity contribution in [3.63, 3.8) is 0 Å². The minimum absolute atomic E-state index is 0.123. The molecular formula is C20H22N2O2. The van der Waals surface area contributed by atoms with Crippen LogP contribution in [0.15, 0.2) is 54.6 Å². The number of nitrogens with one attached hydrogen (secondary N) is 1. The van der Waals surface area contributed by atoms with E-state index >= 15 is 0 Å². The van der Waals surface area contributed by atoms with Crippen LogP contribution in [0.2, 0.25) is 0 Å². The van der Waals surface area contributed by atoms with Crippen LogP contribution in [-0.2, 0) is 11.4 Å². The van der Waals surface area contributed by atoms with E-state index in [1.165, 1.54) is 12.2 Å².